The molecule has 1 aliphatic heterocycles. The van der Waals surface area contributed by atoms with E-state index in [1.807, 2.05) is 32.2 Å². The van der Waals surface area contributed by atoms with E-state index in [9.17, 15) is 19.6 Å². The summed E-state index contributed by atoms with van der Waals surface area (Å²) < 4.78 is 18.2. The molecule has 194 valence electrons. The third kappa shape index (κ3) is 7.92. The summed E-state index contributed by atoms with van der Waals surface area (Å²) in [5.74, 6) is -0.524. The Morgan fingerprint density at radius 3 is 2.62 bits per heavy atom. The van der Waals surface area contributed by atoms with Gasteiger partial charge in [0.15, 0.2) is 0 Å². The van der Waals surface area contributed by atoms with Gasteiger partial charge in [0.2, 0.25) is 0 Å². The maximum absolute atomic E-state index is 13.4. The Bertz CT molecular complexity index is 878. The minimum absolute atomic E-state index is 0.00191. The number of ether oxygens (including phenoxy) is 1. The van der Waals surface area contributed by atoms with Crippen molar-refractivity contribution in [3.05, 3.63) is 33.3 Å². The topological polar surface area (TPSA) is 103 Å². The lowest BCUT2D eigenvalue weighted by Gasteiger charge is -2.47. The van der Waals surface area contributed by atoms with Gasteiger partial charge in [-0.3, -0.25) is 4.79 Å². The quantitative estimate of drug-likeness (QED) is 0.345. The zero-order valence-electron chi connectivity index (χ0n) is 21.6. The molecule has 0 spiro atoms. The highest BCUT2D eigenvalue weighted by Crippen LogP contribution is 2.32. The number of esters is 1. The van der Waals surface area contributed by atoms with E-state index < -0.39 is 45.5 Å². The van der Waals surface area contributed by atoms with Crippen LogP contribution >= 0.6 is 11.3 Å². The van der Waals surface area contributed by atoms with Gasteiger partial charge in [-0.1, -0.05) is 18.6 Å². The summed E-state index contributed by atoms with van der Waals surface area (Å²) in [6.07, 6.45) is 4.65. The van der Waals surface area contributed by atoms with Gasteiger partial charge in [-0.05, 0) is 78.4 Å². The van der Waals surface area contributed by atoms with Gasteiger partial charge in [-0.2, -0.15) is 0 Å². The Morgan fingerprint density at radius 1 is 1.32 bits per heavy atom. The predicted molar refractivity (Wildman–Crippen MR) is 143 cm³/mol. The van der Waals surface area contributed by atoms with Gasteiger partial charge in [0.1, 0.15) is 12.2 Å². The highest BCUT2D eigenvalue weighted by atomic mass is 32.2. The normalized spacial score (nSPS) is 33.2. The second-order valence-corrected chi connectivity index (χ2v) is 14.4. The van der Waals surface area contributed by atoms with E-state index in [4.69, 9.17) is 4.74 Å². The van der Waals surface area contributed by atoms with Gasteiger partial charge < -0.3 is 30.7 Å². The second kappa shape index (κ2) is 12.7. The van der Waals surface area contributed by atoms with Crippen molar-refractivity contribution in [3.8, 4) is 0 Å². The number of nitrogens with zero attached hydrogens (tertiary/aromatic N) is 1. The molecule has 6 nitrogen and oxygen atoms in total. The Morgan fingerprint density at radius 2 is 2.00 bits per heavy atom. The average Bonchev–Trinajstić information content (AvgIpc) is 3.18. The smallest absolute Gasteiger partial charge is 0.309 e. The molecule has 2 heterocycles. The lowest BCUT2D eigenvalue weighted by molar-refractivity contribution is -0.149. The predicted octanol–water partition coefficient (Wildman–Crippen LogP) is 4.42. The molecule has 1 aliphatic rings. The van der Waals surface area contributed by atoms with E-state index in [1.54, 1.807) is 32.1 Å². The van der Waals surface area contributed by atoms with E-state index >= 15 is 0 Å². The van der Waals surface area contributed by atoms with E-state index in [0.29, 0.717) is 6.42 Å². The molecule has 0 saturated heterocycles. The van der Waals surface area contributed by atoms with E-state index in [-0.39, 0.29) is 12.3 Å². The van der Waals surface area contributed by atoms with Crippen LogP contribution in [0.2, 0.25) is 0 Å². The molecule has 0 radical (unpaired) electrons. The molecule has 2 rings (SSSR count). The van der Waals surface area contributed by atoms with Gasteiger partial charge in [-0.15, -0.1) is 11.3 Å². The summed E-state index contributed by atoms with van der Waals surface area (Å²) >= 11 is -0.860. The van der Waals surface area contributed by atoms with E-state index in [0.717, 1.165) is 35.5 Å². The zero-order valence-corrected chi connectivity index (χ0v) is 23.4. The van der Waals surface area contributed by atoms with Gasteiger partial charge >= 0.3 is 5.97 Å². The molecule has 0 aromatic carbocycles. The molecule has 8 heteroatoms. The first-order chi connectivity index (χ1) is 15.8. The summed E-state index contributed by atoms with van der Waals surface area (Å²) in [7, 11) is 0. The van der Waals surface area contributed by atoms with Crippen LogP contribution in [0.1, 0.15) is 84.3 Å². The van der Waals surface area contributed by atoms with Crippen molar-refractivity contribution >= 4 is 34.6 Å². The fourth-order valence-electron chi connectivity index (χ4n) is 4.40. The standard InChI is InChI=1S/C26H43NO5S2/c1-16-9-8-10-17(2)25(30)19(4)34(31)26(6,7)23(28)14-24(29)32-22(12-11-16)18(3)13-21-15-33-20(5)27-21/h11,13,15,17,19,22-23,25,28,30H,8-10,12,14,34H2,1-7H3/b16-11+,18-13+/t17-,19+,22-,23+,25-/m0/s1. The van der Waals surface area contributed by atoms with Crippen LogP contribution in [0, 0.1) is 12.8 Å². The molecular weight excluding hydrogens is 470 g/mol. The molecule has 0 unspecified atom stereocenters. The van der Waals surface area contributed by atoms with Crippen LogP contribution in [0.3, 0.4) is 0 Å². The number of rotatable bonds is 2. The summed E-state index contributed by atoms with van der Waals surface area (Å²) in [5, 5.41) is 24.2. The maximum atomic E-state index is 13.4. The minimum atomic E-state index is -2.43. The van der Waals surface area contributed by atoms with Crippen molar-refractivity contribution in [1.29, 1.82) is 0 Å². The number of carbonyl (C=O) groups is 1. The van der Waals surface area contributed by atoms with E-state index in [2.05, 4.69) is 18.0 Å². The SMILES string of the molecule is C/C1=C\C[C@@H](/C(C)=C/c2csc(C)n2)OC(=O)C[C@@H](O)C(C)(C)[SH2+]([O-])[C@H](C)[C@@H](O)[C@@H](C)CCC1. The first-order valence-corrected chi connectivity index (χ1v) is 14.5. The number of cyclic esters (lactones) is 1. The Balaban J connectivity index is 2.32. The van der Waals surface area contributed by atoms with Crippen LogP contribution in [0.15, 0.2) is 22.6 Å². The number of aryl methyl sites for hydroxylation is 1. The molecule has 1 aromatic heterocycles. The summed E-state index contributed by atoms with van der Waals surface area (Å²) in [4.78, 5) is 17.3. The summed E-state index contributed by atoms with van der Waals surface area (Å²) in [5.41, 5.74) is 2.93. The van der Waals surface area contributed by atoms with Gasteiger partial charge in [0, 0.05) is 11.8 Å². The summed E-state index contributed by atoms with van der Waals surface area (Å²) in [6.45, 7) is 13.1. The van der Waals surface area contributed by atoms with Crippen LogP contribution in [-0.4, -0.2) is 54.0 Å². The lowest BCUT2D eigenvalue weighted by atomic mass is 9.94. The Labute approximate surface area is 211 Å². The molecule has 0 fully saturated rings. The number of thiazole rings is 1. The van der Waals surface area contributed by atoms with E-state index in [1.165, 1.54) is 5.57 Å². The van der Waals surface area contributed by atoms with Crippen molar-refractivity contribution in [2.24, 2.45) is 5.92 Å². The number of aromatic nitrogens is 1. The van der Waals surface area contributed by atoms with Crippen molar-refractivity contribution in [2.45, 2.75) is 109 Å². The summed E-state index contributed by atoms with van der Waals surface area (Å²) in [6, 6.07) is 0. The molecule has 0 saturated carbocycles. The third-order valence-electron chi connectivity index (χ3n) is 7.04. The molecule has 0 aliphatic carbocycles. The van der Waals surface area contributed by atoms with Crippen molar-refractivity contribution in [1.82, 2.24) is 4.98 Å². The Kier molecular flexibility index (Phi) is 10.8. The fraction of sp³-hybridized carbons (Fsp3) is 0.692. The van der Waals surface area contributed by atoms with Gasteiger partial charge in [-0.25, -0.2) is 4.98 Å². The first-order valence-electron chi connectivity index (χ1n) is 12.2. The monoisotopic (exact) mass is 513 g/mol. The molecule has 5 atom stereocenters. The molecule has 0 bridgehead atoms. The third-order valence-corrected chi connectivity index (χ3v) is 10.6. The van der Waals surface area contributed by atoms with Crippen molar-refractivity contribution in [2.75, 3.05) is 0 Å². The van der Waals surface area contributed by atoms with Crippen LogP contribution in [0.5, 0.6) is 0 Å². The number of hydrogen-bond donors (Lipinski definition) is 2. The number of aliphatic hydroxyl groups is 2. The molecule has 0 amide bonds. The molecular formula is C26H43NO5S2. The number of allylic oxidation sites excluding steroid dienone is 1. The fourth-order valence-corrected chi connectivity index (χ4v) is 7.22. The number of carbonyl (C=O) groups excluding carboxylic acids is 1. The highest BCUT2D eigenvalue weighted by Gasteiger charge is 2.40. The minimum Gasteiger partial charge on any atom is -0.688 e. The lowest BCUT2D eigenvalue weighted by Crippen LogP contribution is -2.52. The van der Waals surface area contributed by atoms with Crippen LogP contribution in [0.25, 0.3) is 6.08 Å². The largest absolute Gasteiger partial charge is 0.688 e. The highest BCUT2D eigenvalue weighted by molar-refractivity contribution is 7.93. The van der Waals surface area contributed by atoms with Crippen molar-refractivity contribution < 1.29 is 24.3 Å². The van der Waals surface area contributed by atoms with Gasteiger partial charge in [0.05, 0.1) is 33.2 Å². The molecule has 2 N–H and O–H groups in total. The van der Waals surface area contributed by atoms with Crippen LogP contribution < -0.4 is 0 Å². The number of hydrogen-bond acceptors (Lipinski definition) is 7. The maximum Gasteiger partial charge on any atom is 0.309 e. The Hall–Kier alpha value is -1.19. The number of aliphatic hydroxyl groups excluding tert-OH is 2. The second-order valence-electron chi connectivity index (χ2n) is 10.4. The van der Waals surface area contributed by atoms with Crippen molar-refractivity contribution in [3.63, 3.8) is 0 Å². The van der Waals surface area contributed by atoms with Crippen LogP contribution in [-0.2, 0) is 20.7 Å². The van der Waals surface area contributed by atoms with Crippen LogP contribution in [0.4, 0.5) is 0 Å². The molecule has 34 heavy (non-hydrogen) atoms. The molecule has 1 aromatic rings. The zero-order chi connectivity index (χ0) is 25.6. The average molecular weight is 514 g/mol. The first kappa shape index (κ1) is 29.0. The van der Waals surface area contributed by atoms with Gasteiger partial charge in [0.25, 0.3) is 0 Å².